The average Bonchev–Trinajstić information content (AvgIpc) is 2.77. The van der Waals surface area contributed by atoms with Crippen LogP contribution in [0.5, 0.6) is 23.0 Å². The van der Waals surface area contributed by atoms with Gasteiger partial charge in [-0.15, -0.1) is 0 Å². The number of benzene rings is 2. The van der Waals surface area contributed by atoms with E-state index in [2.05, 4.69) is 10.2 Å². The number of nitrogens with zero attached hydrogens (tertiary/aromatic N) is 1. The van der Waals surface area contributed by atoms with Gasteiger partial charge < -0.3 is 24.3 Å². The molecule has 0 fully saturated rings. The summed E-state index contributed by atoms with van der Waals surface area (Å²) in [6.45, 7) is 2.59. The van der Waals surface area contributed by atoms with Crippen LogP contribution in [0, 0.1) is 6.92 Å². The molecule has 0 atom stereocenters. The van der Waals surface area contributed by atoms with Crippen LogP contribution in [0.1, 0.15) is 27.0 Å². The molecule has 0 saturated heterocycles. The molecule has 2 aromatic carbocycles. The zero-order chi connectivity index (χ0) is 21.7. The Bertz CT molecular complexity index is 919. The number of carbonyl (C=O) groups excluding carboxylic acids is 1. The van der Waals surface area contributed by atoms with E-state index >= 15 is 0 Å². The number of aryl methyl sites for hydroxylation is 1. The number of fused-ring (bicyclic) bond motifs is 1. The summed E-state index contributed by atoms with van der Waals surface area (Å²) in [5.41, 5.74) is 3.40. The Labute approximate surface area is 175 Å². The van der Waals surface area contributed by atoms with Crippen molar-refractivity contribution in [1.29, 1.82) is 0 Å². The van der Waals surface area contributed by atoms with Gasteiger partial charge in [0.1, 0.15) is 0 Å². The zero-order valence-corrected chi connectivity index (χ0v) is 17.7. The van der Waals surface area contributed by atoms with Gasteiger partial charge in [-0.25, -0.2) is 4.39 Å². The summed E-state index contributed by atoms with van der Waals surface area (Å²) >= 11 is 0. The third-order valence-electron chi connectivity index (χ3n) is 5.12. The first-order valence-corrected chi connectivity index (χ1v) is 9.62. The van der Waals surface area contributed by atoms with E-state index in [1.807, 2.05) is 19.1 Å². The fourth-order valence-electron chi connectivity index (χ4n) is 3.62. The van der Waals surface area contributed by atoms with E-state index in [9.17, 15) is 9.18 Å². The van der Waals surface area contributed by atoms with E-state index in [1.54, 1.807) is 26.4 Å². The standard InChI is InChI=1S/C22H27FN2O5/c1-14-7-17(21(30-12-23)20(8-14)29-4)22(26)24-13-25-6-5-15-9-18(27-2)19(28-3)10-16(15)11-25/h7-10H,5-6,11-13H2,1-4H3,(H,24,26). The topological polar surface area (TPSA) is 69.3 Å². The summed E-state index contributed by atoms with van der Waals surface area (Å²) in [6.07, 6.45) is 0.833. The highest BCUT2D eigenvalue weighted by Gasteiger charge is 2.22. The van der Waals surface area contributed by atoms with Crippen molar-refractivity contribution in [3.8, 4) is 23.0 Å². The molecule has 162 valence electrons. The number of alkyl halides is 1. The van der Waals surface area contributed by atoms with Crippen LogP contribution in [0.25, 0.3) is 0 Å². The molecule has 0 bridgehead atoms. The Morgan fingerprint density at radius 3 is 2.33 bits per heavy atom. The van der Waals surface area contributed by atoms with Crippen LogP contribution in [0.2, 0.25) is 0 Å². The minimum absolute atomic E-state index is 0.101. The summed E-state index contributed by atoms with van der Waals surface area (Å²) in [5.74, 6) is 1.47. The molecule has 1 aliphatic rings. The van der Waals surface area contributed by atoms with Crippen LogP contribution in [-0.4, -0.2) is 52.2 Å². The molecule has 0 saturated carbocycles. The van der Waals surface area contributed by atoms with E-state index in [0.29, 0.717) is 30.5 Å². The average molecular weight is 418 g/mol. The number of hydrogen-bond donors (Lipinski definition) is 1. The molecule has 0 aliphatic carbocycles. The van der Waals surface area contributed by atoms with Crippen LogP contribution in [0.15, 0.2) is 24.3 Å². The van der Waals surface area contributed by atoms with Gasteiger partial charge in [0, 0.05) is 13.1 Å². The van der Waals surface area contributed by atoms with Crippen molar-refractivity contribution in [3.63, 3.8) is 0 Å². The molecule has 7 nitrogen and oxygen atoms in total. The van der Waals surface area contributed by atoms with E-state index in [0.717, 1.165) is 24.1 Å². The second kappa shape index (κ2) is 9.67. The maximum Gasteiger partial charge on any atom is 0.256 e. The lowest BCUT2D eigenvalue weighted by molar-refractivity contribution is 0.0908. The molecule has 30 heavy (non-hydrogen) atoms. The first-order chi connectivity index (χ1) is 14.5. The van der Waals surface area contributed by atoms with E-state index < -0.39 is 6.86 Å². The van der Waals surface area contributed by atoms with Gasteiger partial charge in [-0.3, -0.25) is 9.69 Å². The molecule has 0 radical (unpaired) electrons. The van der Waals surface area contributed by atoms with Crippen molar-refractivity contribution in [2.24, 2.45) is 0 Å². The zero-order valence-electron chi connectivity index (χ0n) is 17.7. The quantitative estimate of drug-likeness (QED) is 0.711. The largest absolute Gasteiger partial charge is 0.493 e. The molecule has 0 aromatic heterocycles. The third-order valence-corrected chi connectivity index (χ3v) is 5.12. The maximum atomic E-state index is 12.8. The third kappa shape index (κ3) is 4.59. The van der Waals surface area contributed by atoms with Crippen molar-refractivity contribution in [1.82, 2.24) is 10.2 Å². The van der Waals surface area contributed by atoms with Gasteiger partial charge >= 0.3 is 0 Å². The summed E-state index contributed by atoms with van der Waals surface area (Å²) in [7, 11) is 4.68. The van der Waals surface area contributed by atoms with Crippen molar-refractivity contribution in [3.05, 3.63) is 46.5 Å². The lowest BCUT2D eigenvalue weighted by Crippen LogP contribution is -2.40. The molecule has 1 amide bonds. The van der Waals surface area contributed by atoms with Gasteiger partial charge in [0.2, 0.25) is 6.86 Å². The molecular weight excluding hydrogens is 391 g/mol. The first-order valence-electron chi connectivity index (χ1n) is 9.62. The predicted octanol–water partition coefficient (Wildman–Crippen LogP) is 3.07. The van der Waals surface area contributed by atoms with Crippen molar-refractivity contribution >= 4 is 5.91 Å². The molecule has 3 rings (SSSR count). The molecule has 0 spiro atoms. The molecule has 8 heteroatoms. The summed E-state index contributed by atoms with van der Waals surface area (Å²) < 4.78 is 33.9. The van der Waals surface area contributed by atoms with E-state index in [4.69, 9.17) is 18.9 Å². The normalized spacial score (nSPS) is 13.4. The fourth-order valence-corrected chi connectivity index (χ4v) is 3.62. The van der Waals surface area contributed by atoms with E-state index in [-0.39, 0.29) is 17.2 Å². The van der Waals surface area contributed by atoms with E-state index in [1.165, 1.54) is 12.7 Å². The Morgan fingerprint density at radius 2 is 1.70 bits per heavy atom. The number of methoxy groups -OCH3 is 3. The van der Waals surface area contributed by atoms with Crippen LogP contribution in [0.4, 0.5) is 4.39 Å². The van der Waals surface area contributed by atoms with Gasteiger partial charge in [-0.1, -0.05) is 0 Å². The molecule has 1 aliphatic heterocycles. The second-order valence-corrected chi connectivity index (χ2v) is 7.04. The molecule has 0 unspecified atom stereocenters. The smallest absolute Gasteiger partial charge is 0.256 e. The first kappa shape index (κ1) is 21.7. The number of rotatable bonds is 8. The number of halogens is 1. The van der Waals surface area contributed by atoms with Gasteiger partial charge in [-0.2, -0.15) is 0 Å². The van der Waals surface area contributed by atoms with Gasteiger partial charge in [0.15, 0.2) is 23.0 Å². The van der Waals surface area contributed by atoms with Crippen LogP contribution in [0.3, 0.4) is 0 Å². The molecular formula is C22H27FN2O5. The highest BCUT2D eigenvalue weighted by atomic mass is 19.1. The van der Waals surface area contributed by atoms with Crippen molar-refractivity contribution in [2.45, 2.75) is 19.9 Å². The fraction of sp³-hybridized carbons (Fsp3) is 0.409. The SMILES string of the molecule is COc1cc2c(cc1OC)CN(CNC(=O)c1cc(C)cc(OC)c1OCF)CC2. The lowest BCUT2D eigenvalue weighted by atomic mass is 9.99. The molecule has 1 N–H and O–H groups in total. The Morgan fingerprint density at radius 1 is 1.03 bits per heavy atom. The monoisotopic (exact) mass is 418 g/mol. The second-order valence-electron chi connectivity index (χ2n) is 7.04. The number of nitrogens with one attached hydrogen (secondary N) is 1. The number of hydrogen-bond acceptors (Lipinski definition) is 6. The number of ether oxygens (including phenoxy) is 4. The summed E-state index contributed by atoms with van der Waals surface area (Å²) in [6, 6.07) is 7.33. The van der Waals surface area contributed by atoms with Gasteiger partial charge in [0.25, 0.3) is 5.91 Å². The van der Waals surface area contributed by atoms with Crippen molar-refractivity contribution in [2.75, 3.05) is 41.4 Å². The number of carbonyl (C=O) groups is 1. The molecule has 1 heterocycles. The number of amides is 1. The maximum absolute atomic E-state index is 12.8. The highest BCUT2D eigenvalue weighted by molar-refractivity contribution is 5.98. The Kier molecular flexibility index (Phi) is 6.99. The van der Waals surface area contributed by atoms with Gasteiger partial charge in [0.05, 0.1) is 33.6 Å². The lowest BCUT2D eigenvalue weighted by Gasteiger charge is -2.29. The Balaban J connectivity index is 1.71. The van der Waals surface area contributed by atoms with Crippen LogP contribution >= 0.6 is 0 Å². The summed E-state index contributed by atoms with van der Waals surface area (Å²) in [4.78, 5) is 14.9. The minimum Gasteiger partial charge on any atom is -0.493 e. The summed E-state index contributed by atoms with van der Waals surface area (Å²) in [5, 5.41) is 2.90. The van der Waals surface area contributed by atoms with Crippen LogP contribution < -0.4 is 24.3 Å². The predicted molar refractivity (Wildman–Crippen MR) is 110 cm³/mol. The van der Waals surface area contributed by atoms with Crippen LogP contribution in [-0.2, 0) is 13.0 Å². The minimum atomic E-state index is -1.05. The molecule has 2 aromatic rings. The highest BCUT2D eigenvalue weighted by Crippen LogP contribution is 2.34. The Hall–Kier alpha value is -3.00. The van der Waals surface area contributed by atoms with Gasteiger partial charge in [-0.05, 0) is 54.3 Å². The van der Waals surface area contributed by atoms with Crippen molar-refractivity contribution < 1.29 is 28.1 Å².